The summed E-state index contributed by atoms with van der Waals surface area (Å²) in [5.74, 6) is 6.44. The molecular weight excluding hydrogens is 286 g/mol. The standard InChI is InChI=1S/C10H16BrN5O/c1-10(2-4-17-5-3-10)15-8-7(11)6-13-9(14-8)16-12/h6H,2-5,12H2,1H3,(H2,13,14,15,16). The molecule has 0 radical (unpaired) electrons. The first kappa shape index (κ1) is 12.5. The number of hydrogen-bond acceptors (Lipinski definition) is 6. The molecule has 1 aliphatic rings. The number of hydrogen-bond donors (Lipinski definition) is 3. The van der Waals surface area contributed by atoms with Gasteiger partial charge in [-0.2, -0.15) is 4.98 Å². The van der Waals surface area contributed by atoms with Crippen molar-refractivity contribution in [1.82, 2.24) is 9.97 Å². The van der Waals surface area contributed by atoms with Crippen molar-refractivity contribution < 1.29 is 4.74 Å². The van der Waals surface area contributed by atoms with Gasteiger partial charge in [-0.05, 0) is 35.7 Å². The average molecular weight is 302 g/mol. The SMILES string of the molecule is CC1(Nc2nc(NN)ncc2Br)CCOCC1. The predicted molar refractivity (Wildman–Crippen MR) is 69.6 cm³/mol. The van der Waals surface area contributed by atoms with E-state index in [1.54, 1.807) is 6.20 Å². The summed E-state index contributed by atoms with van der Waals surface area (Å²) in [6, 6.07) is 0. The molecule has 1 saturated heterocycles. The van der Waals surface area contributed by atoms with Crippen LogP contribution in [0.25, 0.3) is 0 Å². The van der Waals surface area contributed by atoms with Gasteiger partial charge in [-0.25, -0.2) is 10.8 Å². The number of rotatable bonds is 3. The van der Waals surface area contributed by atoms with Gasteiger partial charge in [0.15, 0.2) is 0 Å². The van der Waals surface area contributed by atoms with Crippen LogP contribution >= 0.6 is 15.9 Å². The molecule has 6 nitrogen and oxygen atoms in total. The molecule has 0 spiro atoms. The zero-order valence-corrected chi connectivity index (χ0v) is 11.2. The van der Waals surface area contributed by atoms with E-state index in [4.69, 9.17) is 10.6 Å². The quantitative estimate of drug-likeness (QED) is 0.579. The number of aromatic nitrogens is 2. The second-order valence-electron chi connectivity index (χ2n) is 4.33. The molecule has 0 amide bonds. The van der Waals surface area contributed by atoms with Crippen molar-refractivity contribution in [3.8, 4) is 0 Å². The number of halogens is 1. The largest absolute Gasteiger partial charge is 0.381 e. The summed E-state index contributed by atoms with van der Waals surface area (Å²) in [5.41, 5.74) is 2.44. The van der Waals surface area contributed by atoms with Crippen LogP contribution in [0.3, 0.4) is 0 Å². The number of anilines is 2. The van der Waals surface area contributed by atoms with Crippen LogP contribution in [-0.2, 0) is 4.74 Å². The normalized spacial score (nSPS) is 18.8. The summed E-state index contributed by atoms with van der Waals surface area (Å²) in [6.07, 6.45) is 3.58. The van der Waals surface area contributed by atoms with Gasteiger partial charge in [-0.1, -0.05) is 0 Å². The highest BCUT2D eigenvalue weighted by atomic mass is 79.9. The maximum Gasteiger partial charge on any atom is 0.239 e. The zero-order valence-electron chi connectivity index (χ0n) is 9.66. The molecule has 94 valence electrons. The van der Waals surface area contributed by atoms with Gasteiger partial charge in [-0.3, -0.25) is 5.43 Å². The van der Waals surface area contributed by atoms with Crippen molar-refractivity contribution in [2.75, 3.05) is 24.0 Å². The minimum atomic E-state index is 0.000984. The number of nitrogens with two attached hydrogens (primary N) is 1. The van der Waals surface area contributed by atoms with Crippen LogP contribution in [0.4, 0.5) is 11.8 Å². The predicted octanol–water partition coefficient (Wildman–Crippen LogP) is 1.51. The Labute approximate surface area is 108 Å². The van der Waals surface area contributed by atoms with Crippen LogP contribution in [0.5, 0.6) is 0 Å². The summed E-state index contributed by atoms with van der Waals surface area (Å²) in [7, 11) is 0. The fourth-order valence-electron chi connectivity index (χ4n) is 1.76. The Kier molecular flexibility index (Phi) is 3.80. The molecule has 1 aromatic heterocycles. The molecule has 1 fully saturated rings. The molecule has 17 heavy (non-hydrogen) atoms. The maximum atomic E-state index is 5.36. The van der Waals surface area contributed by atoms with Crippen LogP contribution < -0.4 is 16.6 Å². The van der Waals surface area contributed by atoms with Crippen LogP contribution in [0, 0.1) is 0 Å². The molecule has 7 heteroatoms. The van der Waals surface area contributed by atoms with Crippen molar-refractivity contribution in [1.29, 1.82) is 0 Å². The number of nitrogen functional groups attached to an aromatic ring is 1. The molecule has 0 saturated carbocycles. The number of nitrogens with zero attached hydrogens (tertiary/aromatic N) is 2. The van der Waals surface area contributed by atoms with E-state index in [2.05, 4.69) is 43.6 Å². The van der Waals surface area contributed by atoms with Gasteiger partial charge in [0.1, 0.15) is 5.82 Å². The van der Waals surface area contributed by atoms with Gasteiger partial charge in [0, 0.05) is 24.9 Å². The molecule has 0 bridgehead atoms. The maximum absolute atomic E-state index is 5.36. The monoisotopic (exact) mass is 301 g/mol. The third-order valence-corrected chi connectivity index (χ3v) is 3.47. The van der Waals surface area contributed by atoms with Gasteiger partial charge in [0.2, 0.25) is 5.95 Å². The lowest BCUT2D eigenvalue weighted by atomic mass is 9.92. The third kappa shape index (κ3) is 3.05. The molecule has 0 atom stereocenters. The number of nitrogens with one attached hydrogen (secondary N) is 2. The topological polar surface area (TPSA) is 85.1 Å². The van der Waals surface area contributed by atoms with Crippen LogP contribution in [-0.4, -0.2) is 28.7 Å². The first-order valence-electron chi connectivity index (χ1n) is 5.48. The van der Waals surface area contributed by atoms with E-state index >= 15 is 0 Å². The molecule has 2 rings (SSSR count). The van der Waals surface area contributed by atoms with Gasteiger partial charge in [0.25, 0.3) is 0 Å². The third-order valence-electron chi connectivity index (χ3n) is 2.89. The minimum Gasteiger partial charge on any atom is -0.381 e. The van der Waals surface area contributed by atoms with Gasteiger partial charge >= 0.3 is 0 Å². The summed E-state index contributed by atoms with van der Waals surface area (Å²) in [6.45, 7) is 3.71. The average Bonchev–Trinajstić information content (AvgIpc) is 2.33. The van der Waals surface area contributed by atoms with Crippen molar-refractivity contribution in [3.05, 3.63) is 10.7 Å². The van der Waals surface area contributed by atoms with E-state index in [1.807, 2.05) is 0 Å². The zero-order chi connectivity index (χ0) is 12.3. The lowest BCUT2D eigenvalue weighted by Gasteiger charge is -2.35. The molecule has 2 heterocycles. The Morgan fingerprint density at radius 3 is 2.82 bits per heavy atom. The fraction of sp³-hybridized carbons (Fsp3) is 0.600. The fourth-order valence-corrected chi connectivity index (χ4v) is 2.05. The van der Waals surface area contributed by atoms with Crippen molar-refractivity contribution >= 4 is 27.7 Å². The van der Waals surface area contributed by atoms with Crippen molar-refractivity contribution in [2.24, 2.45) is 5.84 Å². The van der Waals surface area contributed by atoms with E-state index in [0.717, 1.165) is 36.3 Å². The van der Waals surface area contributed by atoms with Gasteiger partial charge in [-0.15, -0.1) is 0 Å². The second kappa shape index (κ2) is 5.16. The first-order chi connectivity index (χ1) is 8.13. The molecule has 0 aliphatic carbocycles. The van der Waals surface area contributed by atoms with Gasteiger partial charge < -0.3 is 10.1 Å². The molecule has 0 unspecified atom stereocenters. The minimum absolute atomic E-state index is 0.000984. The highest BCUT2D eigenvalue weighted by Gasteiger charge is 2.28. The highest BCUT2D eigenvalue weighted by molar-refractivity contribution is 9.10. The number of ether oxygens (including phenoxy) is 1. The lowest BCUT2D eigenvalue weighted by molar-refractivity contribution is 0.0657. The highest BCUT2D eigenvalue weighted by Crippen LogP contribution is 2.28. The molecule has 0 aromatic carbocycles. The first-order valence-corrected chi connectivity index (χ1v) is 6.27. The van der Waals surface area contributed by atoms with E-state index in [9.17, 15) is 0 Å². The van der Waals surface area contributed by atoms with E-state index in [1.165, 1.54) is 0 Å². The summed E-state index contributed by atoms with van der Waals surface area (Å²) < 4.78 is 6.18. The van der Waals surface area contributed by atoms with Crippen LogP contribution in [0.2, 0.25) is 0 Å². The van der Waals surface area contributed by atoms with E-state index < -0.39 is 0 Å². The number of hydrazine groups is 1. The van der Waals surface area contributed by atoms with E-state index in [-0.39, 0.29) is 5.54 Å². The molecule has 1 aliphatic heterocycles. The van der Waals surface area contributed by atoms with Gasteiger partial charge in [0.05, 0.1) is 4.47 Å². The van der Waals surface area contributed by atoms with Crippen molar-refractivity contribution in [3.63, 3.8) is 0 Å². The molecular formula is C10H16BrN5O. The Morgan fingerprint density at radius 2 is 2.18 bits per heavy atom. The Balaban J connectivity index is 2.16. The smallest absolute Gasteiger partial charge is 0.239 e. The Bertz CT molecular complexity index is 394. The summed E-state index contributed by atoms with van der Waals surface area (Å²) in [5, 5.41) is 3.43. The molecule has 4 N–H and O–H groups in total. The van der Waals surface area contributed by atoms with Crippen molar-refractivity contribution in [2.45, 2.75) is 25.3 Å². The molecule has 1 aromatic rings. The van der Waals surface area contributed by atoms with E-state index in [0.29, 0.717) is 5.95 Å². The van der Waals surface area contributed by atoms with Crippen LogP contribution in [0.1, 0.15) is 19.8 Å². The summed E-state index contributed by atoms with van der Waals surface area (Å²) >= 11 is 3.42. The lowest BCUT2D eigenvalue weighted by Crippen LogP contribution is -2.41. The Hall–Kier alpha value is -0.920. The Morgan fingerprint density at radius 1 is 1.47 bits per heavy atom. The summed E-state index contributed by atoms with van der Waals surface area (Å²) in [4.78, 5) is 8.30. The second-order valence-corrected chi connectivity index (χ2v) is 5.19. The van der Waals surface area contributed by atoms with Crippen LogP contribution in [0.15, 0.2) is 10.7 Å².